The number of nitrogens with zero attached hydrogens (tertiary/aromatic N) is 6. The summed E-state index contributed by atoms with van der Waals surface area (Å²) in [7, 11) is 3.07. The van der Waals surface area contributed by atoms with Crippen molar-refractivity contribution in [3.05, 3.63) is 111 Å². The number of methoxy groups -OCH3 is 1. The van der Waals surface area contributed by atoms with Gasteiger partial charge in [-0.25, -0.2) is 33.9 Å². The van der Waals surface area contributed by atoms with Crippen molar-refractivity contribution in [3.63, 3.8) is 0 Å². The van der Waals surface area contributed by atoms with Crippen molar-refractivity contribution in [1.82, 2.24) is 40.1 Å². The molecule has 2 aliphatic heterocycles. The minimum atomic E-state index is -1.99. The Morgan fingerprint density at radius 2 is 1.70 bits per heavy atom. The van der Waals surface area contributed by atoms with Crippen molar-refractivity contribution in [3.8, 4) is 5.75 Å². The Morgan fingerprint density at radius 3 is 2.41 bits per heavy atom. The first-order valence-electron chi connectivity index (χ1n) is 23.1. The SMILES string of the molecule is COCCN(Cn1nc2c3c(cc(F)cc3c1=O)N[C@H](c1ccc(F)cc1)[C@H]2c1ncnn1C)C(=O)OCc1ccc(O[C@@H]2O[C@H](C(=O)O)[C@@H](O)[C@H](O)[C@H]2O)c(CNC(=O)CCNC(=O)CCCCCON)c1. The number of carboxylic acid groups (broad SMARTS) is 1. The third kappa shape index (κ3) is 12.9. The summed E-state index contributed by atoms with van der Waals surface area (Å²) >= 11 is 0. The van der Waals surface area contributed by atoms with Crippen molar-refractivity contribution < 1.29 is 72.2 Å². The van der Waals surface area contributed by atoms with Crippen LogP contribution in [0.4, 0.5) is 19.3 Å². The molecule has 0 bridgehead atoms. The summed E-state index contributed by atoms with van der Waals surface area (Å²) in [5.41, 5.74) is 0.917. The van der Waals surface area contributed by atoms with Gasteiger partial charge in [0.2, 0.25) is 18.1 Å². The van der Waals surface area contributed by atoms with Gasteiger partial charge in [-0.05, 0) is 60.4 Å². The molecule has 0 unspecified atom stereocenters. The molecule has 26 heteroatoms. The second kappa shape index (κ2) is 24.5. The van der Waals surface area contributed by atoms with Crippen LogP contribution in [0, 0.1) is 11.6 Å². The largest absolute Gasteiger partial charge is 0.479 e. The Kier molecular flexibility index (Phi) is 18.0. The highest BCUT2D eigenvalue weighted by Gasteiger charge is 2.48. The molecule has 1 fully saturated rings. The Morgan fingerprint density at radius 1 is 0.932 bits per heavy atom. The number of aliphatic hydroxyl groups is 3. The number of hydrogen-bond donors (Lipinski definition) is 8. The maximum Gasteiger partial charge on any atom is 0.411 e. The molecule has 2 aromatic heterocycles. The number of aromatic nitrogens is 5. The number of hydrogen-bond acceptors (Lipinski definition) is 18. The third-order valence-electron chi connectivity index (χ3n) is 12.2. The number of carbonyl (C=O) groups is 4. The molecule has 5 aromatic rings. The van der Waals surface area contributed by atoms with Crippen LogP contribution in [0.3, 0.4) is 0 Å². The number of carbonyl (C=O) groups excluding carboxylic acids is 3. The number of anilines is 1. The van der Waals surface area contributed by atoms with Gasteiger partial charge in [0.1, 0.15) is 61.1 Å². The first-order valence-corrected chi connectivity index (χ1v) is 23.1. The number of nitrogens with two attached hydrogens (primary N) is 1. The van der Waals surface area contributed by atoms with Crippen LogP contribution in [0.15, 0.2) is 65.7 Å². The Balaban J connectivity index is 1.12. The zero-order chi connectivity index (χ0) is 52.3. The van der Waals surface area contributed by atoms with E-state index >= 15 is 4.39 Å². The van der Waals surface area contributed by atoms with E-state index in [1.807, 2.05) is 0 Å². The highest BCUT2D eigenvalue weighted by atomic mass is 19.1. The van der Waals surface area contributed by atoms with Crippen LogP contribution in [0.25, 0.3) is 10.8 Å². The minimum Gasteiger partial charge on any atom is -0.479 e. The standard InChI is InChI=1S/C47H56F2N10O14/c1-57-43(53-23-54-57)36-37(26-8-10-28(48)11-9-26)55-31-20-29(49)19-30-35(31)38(36)56-59(44(30)65)24-58(15-17-69-2)47(68)70-22-25-7-12-32(72-46-41(64)39(62)40(63)42(73-46)45(66)67)27(18-25)21-52-34(61)13-14-51-33(60)6-4-3-5-16-71-50/h7-12,18-20,23,36-37,39-42,46,55,62-64H,3-6,13-17,21-22,24,50H2,1-2H3,(H,51,60)(H,52,61)(H,66,67)/t36-,37-,39+,40+,41-,42+,46-/m1/s1. The monoisotopic (exact) mass is 1020 g/mol. The molecule has 7 atom stereocenters. The fourth-order valence-corrected chi connectivity index (χ4v) is 8.46. The van der Waals surface area contributed by atoms with E-state index in [1.54, 1.807) is 19.2 Å². The second-order valence-corrected chi connectivity index (χ2v) is 17.3. The summed E-state index contributed by atoms with van der Waals surface area (Å²) in [6, 6.07) is 11.6. The molecule has 7 rings (SSSR count). The van der Waals surface area contributed by atoms with Gasteiger partial charge in [-0.2, -0.15) is 10.2 Å². The van der Waals surface area contributed by atoms with Gasteiger partial charge in [0.05, 0.1) is 36.3 Å². The quantitative estimate of drug-likeness (QED) is 0.0336. The fourth-order valence-electron chi connectivity index (χ4n) is 8.46. The van der Waals surface area contributed by atoms with Crippen molar-refractivity contribution in [1.29, 1.82) is 0 Å². The molecule has 0 radical (unpaired) electrons. The molecule has 9 N–H and O–H groups in total. The van der Waals surface area contributed by atoms with Crippen LogP contribution < -0.4 is 32.1 Å². The van der Waals surface area contributed by atoms with Gasteiger partial charge in [0.15, 0.2) is 6.10 Å². The maximum absolute atomic E-state index is 15.4. The van der Waals surface area contributed by atoms with E-state index in [-0.39, 0.29) is 73.1 Å². The van der Waals surface area contributed by atoms with E-state index in [0.717, 1.165) is 22.1 Å². The average Bonchev–Trinajstić information content (AvgIpc) is 3.80. The molecule has 0 aliphatic carbocycles. The first kappa shape index (κ1) is 53.6. The summed E-state index contributed by atoms with van der Waals surface area (Å²) in [6.07, 6.45) is -7.14. The van der Waals surface area contributed by atoms with E-state index in [4.69, 9.17) is 29.9 Å². The Hall–Kier alpha value is -7.20. The normalized spacial score (nSPS) is 20.2. The lowest BCUT2D eigenvalue weighted by atomic mass is 9.83. The molecular formula is C47H56F2N10O14. The number of carboxylic acids is 1. The van der Waals surface area contributed by atoms with Crippen molar-refractivity contribution >= 4 is 40.3 Å². The van der Waals surface area contributed by atoms with Gasteiger partial charge >= 0.3 is 12.1 Å². The van der Waals surface area contributed by atoms with Crippen LogP contribution in [-0.2, 0) is 60.3 Å². The smallest absolute Gasteiger partial charge is 0.411 e. The van der Waals surface area contributed by atoms with Crippen LogP contribution in [-0.4, -0.2) is 138 Å². The molecule has 0 spiro atoms. The molecule has 0 saturated carbocycles. The predicted molar refractivity (Wildman–Crippen MR) is 250 cm³/mol. The number of unbranched alkanes of at least 4 members (excludes halogenated alkanes) is 2. The van der Waals surface area contributed by atoms with Crippen LogP contribution >= 0.6 is 0 Å². The molecule has 2 aliphatic rings. The average molecular weight is 1020 g/mol. The van der Waals surface area contributed by atoms with Crippen LogP contribution in [0.1, 0.15) is 72.3 Å². The number of amides is 3. The zero-order valence-corrected chi connectivity index (χ0v) is 39.7. The second-order valence-electron chi connectivity index (χ2n) is 17.3. The van der Waals surface area contributed by atoms with Gasteiger partial charge in [0.25, 0.3) is 5.56 Å². The number of halogens is 2. The van der Waals surface area contributed by atoms with E-state index < -0.39 is 91.1 Å². The third-order valence-corrected chi connectivity index (χ3v) is 12.2. The minimum absolute atomic E-state index is 0.0182. The molecule has 4 heterocycles. The van der Waals surface area contributed by atoms with E-state index in [1.165, 1.54) is 54.5 Å². The topological polar surface area (TPSA) is 326 Å². The van der Waals surface area contributed by atoms with Crippen molar-refractivity contribution in [2.45, 2.75) is 94.6 Å². The summed E-state index contributed by atoms with van der Waals surface area (Å²) in [4.78, 5) is 75.4. The molecular weight excluding hydrogens is 967 g/mol. The number of aliphatic hydroxyl groups excluding tert-OH is 3. The number of benzene rings is 3. The molecule has 3 aromatic carbocycles. The summed E-state index contributed by atoms with van der Waals surface area (Å²) in [5, 5.41) is 58.9. The highest BCUT2D eigenvalue weighted by molar-refractivity contribution is 5.97. The molecule has 73 heavy (non-hydrogen) atoms. The number of nitrogens with one attached hydrogen (secondary N) is 3. The first-order chi connectivity index (χ1) is 35.1. The van der Waals surface area contributed by atoms with E-state index in [0.29, 0.717) is 41.8 Å². The van der Waals surface area contributed by atoms with Crippen molar-refractivity contribution in [2.24, 2.45) is 12.9 Å². The van der Waals surface area contributed by atoms with Crippen LogP contribution in [0.2, 0.25) is 0 Å². The van der Waals surface area contributed by atoms with Gasteiger partial charge in [0, 0.05) is 63.3 Å². The predicted octanol–water partition coefficient (Wildman–Crippen LogP) is 1.19. The van der Waals surface area contributed by atoms with E-state index in [2.05, 4.69) is 30.9 Å². The Bertz CT molecular complexity index is 2820. The summed E-state index contributed by atoms with van der Waals surface area (Å²) < 4.78 is 54.2. The zero-order valence-electron chi connectivity index (χ0n) is 39.7. The summed E-state index contributed by atoms with van der Waals surface area (Å²) in [6.45, 7) is -0.922. The molecule has 3 amide bonds. The highest BCUT2D eigenvalue weighted by Crippen LogP contribution is 2.46. The lowest BCUT2D eigenvalue weighted by molar-refractivity contribution is -0.271. The lowest BCUT2D eigenvalue weighted by Crippen LogP contribution is -2.61. The van der Waals surface area contributed by atoms with Gasteiger partial charge in [-0.15, -0.1) is 0 Å². The maximum atomic E-state index is 15.4. The van der Waals surface area contributed by atoms with Crippen LogP contribution in [0.5, 0.6) is 5.75 Å². The fraction of sp³-hybridized carbons (Fsp3) is 0.447. The van der Waals surface area contributed by atoms with Gasteiger partial charge in [-0.3, -0.25) is 24.0 Å². The number of aryl methyl sites for hydroxylation is 1. The van der Waals surface area contributed by atoms with Gasteiger partial charge < -0.3 is 60.2 Å². The van der Waals surface area contributed by atoms with E-state index in [9.17, 15) is 48.8 Å². The molecule has 392 valence electrons. The van der Waals surface area contributed by atoms with Gasteiger partial charge in [-0.1, -0.05) is 24.6 Å². The summed E-state index contributed by atoms with van der Waals surface area (Å²) in [5.74, 6) is 0.991. The molecule has 24 nitrogen and oxygen atoms in total. The number of ether oxygens (including phenoxy) is 4. The number of aliphatic carboxylic acids is 1. The number of rotatable bonds is 23. The lowest BCUT2D eigenvalue weighted by Gasteiger charge is -2.38. The van der Waals surface area contributed by atoms with Crippen molar-refractivity contribution in [2.75, 3.05) is 38.7 Å². The molecule has 1 saturated heterocycles. The Labute approximate surface area is 414 Å².